The molecule has 0 amide bonds. The molecule has 0 radical (unpaired) electrons. The predicted octanol–water partition coefficient (Wildman–Crippen LogP) is 3.39. The van der Waals surface area contributed by atoms with Gasteiger partial charge in [0.15, 0.2) is 5.41 Å². The van der Waals surface area contributed by atoms with Crippen LogP contribution in [-0.2, 0) is 25.5 Å². The Bertz CT molecular complexity index is 461. The van der Waals surface area contributed by atoms with Crippen LogP contribution in [0.2, 0.25) is 0 Å². The number of rotatable bonds is 8. The van der Waals surface area contributed by atoms with Crippen molar-refractivity contribution in [1.29, 1.82) is 0 Å². The second kappa shape index (κ2) is 8.57. The zero-order chi connectivity index (χ0) is 16.6. The summed E-state index contributed by atoms with van der Waals surface area (Å²) in [7, 11) is 0. The highest BCUT2D eigenvalue weighted by Crippen LogP contribution is 2.34. The Morgan fingerprint density at radius 3 is 1.91 bits per heavy atom. The predicted molar refractivity (Wildman–Crippen MR) is 85.3 cm³/mol. The van der Waals surface area contributed by atoms with Crippen LogP contribution in [0.25, 0.3) is 0 Å². The molecule has 1 aromatic carbocycles. The first kappa shape index (κ1) is 18.2. The Balaban J connectivity index is 3.23. The molecular weight excluding hydrogens is 280 g/mol. The highest BCUT2D eigenvalue weighted by Gasteiger charge is 2.49. The van der Waals surface area contributed by atoms with Crippen LogP contribution in [0.1, 0.15) is 39.7 Å². The second-order valence-electron chi connectivity index (χ2n) is 5.78. The van der Waals surface area contributed by atoms with Gasteiger partial charge in [-0.3, -0.25) is 9.59 Å². The van der Waals surface area contributed by atoms with E-state index in [9.17, 15) is 9.59 Å². The quantitative estimate of drug-likeness (QED) is 0.546. The standard InChI is InChI=1S/C18H26O4/c1-5-21-16(19)18(12-14(3)4,17(20)22-6-2)13-15-10-8-7-9-11-15/h7-11,14H,5-6,12-13H2,1-4H3. The van der Waals surface area contributed by atoms with Crippen molar-refractivity contribution in [3.8, 4) is 0 Å². The molecule has 0 atom stereocenters. The molecule has 1 rings (SSSR count). The zero-order valence-corrected chi connectivity index (χ0v) is 13.9. The van der Waals surface area contributed by atoms with E-state index in [4.69, 9.17) is 9.47 Å². The first-order chi connectivity index (χ1) is 10.5. The van der Waals surface area contributed by atoms with Crippen molar-refractivity contribution in [2.75, 3.05) is 13.2 Å². The summed E-state index contributed by atoms with van der Waals surface area (Å²) in [5.74, 6) is -0.825. The third kappa shape index (κ3) is 4.58. The molecule has 22 heavy (non-hydrogen) atoms. The molecule has 4 nitrogen and oxygen atoms in total. The van der Waals surface area contributed by atoms with Crippen LogP contribution < -0.4 is 0 Å². The fraction of sp³-hybridized carbons (Fsp3) is 0.556. The second-order valence-corrected chi connectivity index (χ2v) is 5.78. The normalized spacial score (nSPS) is 11.3. The smallest absolute Gasteiger partial charge is 0.323 e. The van der Waals surface area contributed by atoms with Crippen LogP contribution >= 0.6 is 0 Å². The van der Waals surface area contributed by atoms with Crippen molar-refractivity contribution >= 4 is 11.9 Å². The van der Waals surface area contributed by atoms with Crippen LogP contribution in [0.3, 0.4) is 0 Å². The SMILES string of the molecule is CCOC(=O)C(Cc1ccccc1)(CC(C)C)C(=O)OCC. The van der Waals surface area contributed by atoms with E-state index >= 15 is 0 Å². The van der Waals surface area contributed by atoms with Gasteiger partial charge in [-0.25, -0.2) is 0 Å². The molecule has 0 N–H and O–H groups in total. The Morgan fingerprint density at radius 2 is 1.50 bits per heavy atom. The Labute approximate surface area is 132 Å². The van der Waals surface area contributed by atoms with Crippen LogP contribution in [0.5, 0.6) is 0 Å². The fourth-order valence-electron chi connectivity index (χ4n) is 2.65. The highest BCUT2D eigenvalue weighted by atomic mass is 16.6. The average Bonchev–Trinajstić information content (AvgIpc) is 2.47. The number of esters is 2. The van der Waals surface area contributed by atoms with Gasteiger partial charge in [0.25, 0.3) is 0 Å². The van der Waals surface area contributed by atoms with E-state index in [2.05, 4.69) is 0 Å². The van der Waals surface area contributed by atoms with Crippen molar-refractivity contribution in [2.45, 2.75) is 40.5 Å². The van der Waals surface area contributed by atoms with E-state index in [0.29, 0.717) is 12.8 Å². The van der Waals surface area contributed by atoms with Gasteiger partial charge in [0, 0.05) is 0 Å². The van der Waals surface area contributed by atoms with Gasteiger partial charge in [-0.2, -0.15) is 0 Å². The summed E-state index contributed by atoms with van der Waals surface area (Å²) in [4.78, 5) is 25.2. The van der Waals surface area contributed by atoms with E-state index in [0.717, 1.165) is 5.56 Å². The summed E-state index contributed by atoms with van der Waals surface area (Å²) >= 11 is 0. The summed E-state index contributed by atoms with van der Waals surface area (Å²) in [6.45, 7) is 7.94. The van der Waals surface area contributed by atoms with Gasteiger partial charge >= 0.3 is 11.9 Å². The van der Waals surface area contributed by atoms with Crippen LogP contribution in [0, 0.1) is 11.3 Å². The molecule has 0 aliphatic carbocycles. The monoisotopic (exact) mass is 306 g/mol. The number of carbonyl (C=O) groups is 2. The Hall–Kier alpha value is -1.84. The number of ether oxygens (including phenoxy) is 2. The minimum atomic E-state index is -1.28. The van der Waals surface area contributed by atoms with Gasteiger partial charge < -0.3 is 9.47 Å². The van der Waals surface area contributed by atoms with Crippen molar-refractivity contribution in [3.05, 3.63) is 35.9 Å². The lowest BCUT2D eigenvalue weighted by Gasteiger charge is -2.30. The molecule has 0 bridgehead atoms. The molecule has 0 aromatic heterocycles. The van der Waals surface area contributed by atoms with Gasteiger partial charge in [-0.15, -0.1) is 0 Å². The van der Waals surface area contributed by atoms with Gasteiger partial charge in [0.05, 0.1) is 13.2 Å². The molecular formula is C18H26O4. The summed E-state index contributed by atoms with van der Waals surface area (Å²) in [6, 6.07) is 9.51. The van der Waals surface area contributed by atoms with E-state index in [-0.39, 0.29) is 19.1 Å². The largest absolute Gasteiger partial charge is 0.465 e. The molecule has 1 aromatic rings. The summed E-state index contributed by atoms with van der Waals surface area (Å²) in [6.07, 6.45) is 0.698. The fourth-order valence-corrected chi connectivity index (χ4v) is 2.65. The van der Waals surface area contributed by atoms with Gasteiger partial charge in [0.1, 0.15) is 0 Å². The Morgan fingerprint density at radius 1 is 1.00 bits per heavy atom. The van der Waals surface area contributed by atoms with Crippen LogP contribution in [-0.4, -0.2) is 25.2 Å². The van der Waals surface area contributed by atoms with E-state index in [1.165, 1.54) is 0 Å². The topological polar surface area (TPSA) is 52.6 Å². The molecule has 0 unspecified atom stereocenters. The summed E-state index contributed by atoms with van der Waals surface area (Å²) < 4.78 is 10.4. The van der Waals surface area contributed by atoms with Gasteiger partial charge in [-0.1, -0.05) is 44.2 Å². The zero-order valence-electron chi connectivity index (χ0n) is 13.9. The minimum Gasteiger partial charge on any atom is -0.465 e. The third-order valence-electron chi connectivity index (χ3n) is 3.44. The average molecular weight is 306 g/mol. The maximum absolute atomic E-state index is 12.6. The van der Waals surface area contributed by atoms with Gasteiger partial charge in [0.2, 0.25) is 0 Å². The van der Waals surface area contributed by atoms with E-state index < -0.39 is 17.4 Å². The molecule has 0 aliphatic heterocycles. The molecule has 0 fully saturated rings. The maximum atomic E-state index is 12.6. The van der Waals surface area contributed by atoms with Gasteiger partial charge in [-0.05, 0) is 38.2 Å². The first-order valence-electron chi connectivity index (χ1n) is 7.84. The molecule has 0 saturated heterocycles. The van der Waals surface area contributed by atoms with E-state index in [1.54, 1.807) is 13.8 Å². The highest BCUT2D eigenvalue weighted by molar-refractivity contribution is 6.00. The molecule has 0 heterocycles. The van der Waals surface area contributed by atoms with Crippen LogP contribution in [0.4, 0.5) is 0 Å². The first-order valence-corrected chi connectivity index (χ1v) is 7.84. The molecule has 122 valence electrons. The molecule has 0 spiro atoms. The third-order valence-corrected chi connectivity index (χ3v) is 3.44. The maximum Gasteiger partial charge on any atom is 0.323 e. The van der Waals surface area contributed by atoms with E-state index in [1.807, 2.05) is 44.2 Å². The van der Waals surface area contributed by atoms with Crippen molar-refractivity contribution in [1.82, 2.24) is 0 Å². The molecule has 0 aliphatic rings. The minimum absolute atomic E-state index is 0.164. The number of carbonyl (C=O) groups excluding carboxylic acids is 2. The number of hydrogen-bond acceptors (Lipinski definition) is 4. The Kier molecular flexibility index (Phi) is 7.09. The molecule has 4 heteroatoms. The number of hydrogen-bond donors (Lipinski definition) is 0. The van der Waals surface area contributed by atoms with Crippen molar-refractivity contribution < 1.29 is 19.1 Å². The number of benzene rings is 1. The lowest BCUT2D eigenvalue weighted by atomic mass is 9.75. The molecule has 0 saturated carbocycles. The summed E-state index contributed by atoms with van der Waals surface area (Å²) in [5.41, 5.74) is -0.356. The summed E-state index contributed by atoms with van der Waals surface area (Å²) in [5, 5.41) is 0. The van der Waals surface area contributed by atoms with Crippen molar-refractivity contribution in [2.24, 2.45) is 11.3 Å². The van der Waals surface area contributed by atoms with Crippen molar-refractivity contribution in [3.63, 3.8) is 0 Å². The lowest BCUT2D eigenvalue weighted by molar-refractivity contribution is -0.173. The lowest BCUT2D eigenvalue weighted by Crippen LogP contribution is -2.45. The van der Waals surface area contributed by atoms with Crippen LogP contribution in [0.15, 0.2) is 30.3 Å².